The highest BCUT2D eigenvalue weighted by atomic mass is 16.4. The summed E-state index contributed by atoms with van der Waals surface area (Å²) >= 11 is 0. The molecule has 0 saturated heterocycles. The van der Waals surface area contributed by atoms with Crippen molar-refractivity contribution >= 4 is 12.0 Å². The van der Waals surface area contributed by atoms with Crippen molar-refractivity contribution in [2.24, 2.45) is 11.8 Å². The summed E-state index contributed by atoms with van der Waals surface area (Å²) in [7, 11) is 0. The van der Waals surface area contributed by atoms with Crippen LogP contribution >= 0.6 is 0 Å². The van der Waals surface area contributed by atoms with Gasteiger partial charge in [0.25, 0.3) is 0 Å². The summed E-state index contributed by atoms with van der Waals surface area (Å²) in [5.74, 6) is 0.296. The Morgan fingerprint density at radius 1 is 1.26 bits per heavy atom. The summed E-state index contributed by atoms with van der Waals surface area (Å²) in [5.41, 5.74) is 0. The second-order valence-corrected chi connectivity index (χ2v) is 5.93. The van der Waals surface area contributed by atoms with Crippen LogP contribution in [0.15, 0.2) is 0 Å². The van der Waals surface area contributed by atoms with Crippen molar-refractivity contribution < 1.29 is 14.7 Å². The van der Waals surface area contributed by atoms with Crippen molar-refractivity contribution in [3.8, 4) is 0 Å². The first-order chi connectivity index (χ1) is 9.02. The van der Waals surface area contributed by atoms with Crippen LogP contribution in [0.3, 0.4) is 0 Å². The molecule has 2 saturated carbocycles. The third kappa shape index (κ3) is 3.85. The first-order valence-corrected chi connectivity index (χ1v) is 7.31. The van der Waals surface area contributed by atoms with Gasteiger partial charge in [-0.05, 0) is 50.9 Å². The molecule has 2 rings (SSSR count). The van der Waals surface area contributed by atoms with Crippen LogP contribution in [0.25, 0.3) is 0 Å². The maximum atomic E-state index is 12.3. The van der Waals surface area contributed by atoms with Crippen LogP contribution in [0.2, 0.25) is 0 Å². The van der Waals surface area contributed by atoms with E-state index < -0.39 is 5.97 Å². The molecule has 1 unspecified atom stereocenters. The van der Waals surface area contributed by atoms with Gasteiger partial charge in [0.1, 0.15) is 6.54 Å². The van der Waals surface area contributed by atoms with Gasteiger partial charge in [0.15, 0.2) is 0 Å². The molecule has 0 aliphatic heterocycles. The van der Waals surface area contributed by atoms with Crippen LogP contribution in [0.1, 0.15) is 46.0 Å². The van der Waals surface area contributed by atoms with E-state index in [1.54, 1.807) is 0 Å². The van der Waals surface area contributed by atoms with Gasteiger partial charge in [-0.25, -0.2) is 4.79 Å². The smallest absolute Gasteiger partial charge is 0.323 e. The standard InChI is InChI=1S/C14H24N2O3/c1-3-9(2)16(8-12(17)18)14(19)15-13(10-4-5-10)11-6-7-11/h9-11,13H,3-8H2,1-2H3,(H,15,19)(H,17,18). The summed E-state index contributed by atoms with van der Waals surface area (Å²) in [5, 5.41) is 12.0. The average molecular weight is 268 g/mol. The monoisotopic (exact) mass is 268 g/mol. The molecule has 19 heavy (non-hydrogen) atoms. The van der Waals surface area contributed by atoms with Gasteiger partial charge < -0.3 is 15.3 Å². The van der Waals surface area contributed by atoms with Crippen LogP contribution in [-0.4, -0.2) is 40.6 Å². The molecule has 108 valence electrons. The molecule has 2 amide bonds. The van der Waals surface area contributed by atoms with Gasteiger partial charge in [-0.2, -0.15) is 0 Å². The summed E-state index contributed by atoms with van der Waals surface area (Å²) < 4.78 is 0. The lowest BCUT2D eigenvalue weighted by molar-refractivity contribution is -0.138. The molecule has 1 atom stereocenters. The number of carboxylic acid groups (broad SMARTS) is 1. The first-order valence-electron chi connectivity index (χ1n) is 7.31. The molecule has 0 aromatic carbocycles. The number of aliphatic carboxylic acids is 1. The maximum Gasteiger partial charge on any atom is 0.323 e. The lowest BCUT2D eigenvalue weighted by Gasteiger charge is -2.29. The molecule has 2 N–H and O–H groups in total. The Labute approximate surface area is 114 Å². The molecule has 0 spiro atoms. The van der Waals surface area contributed by atoms with Gasteiger partial charge in [-0.3, -0.25) is 4.79 Å². The lowest BCUT2D eigenvalue weighted by atomic mass is 10.1. The Balaban J connectivity index is 1.94. The maximum absolute atomic E-state index is 12.3. The zero-order chi connectivity index (χ0) is 14.0. The number of carbonyl (C=O) groups is 2. The Bertz CT molecular complexity index is 339. The van der Waals surface area contributed by atoms with Crippen molar-refractivity contribution in [3.05, 3.63) is 0 Å². The molecule has 0 aromatic rings. The third-order valence-corrected chi connectivity index (χ3v) is 4.24. The van der Waals surface area contributed by atoms with Gasteiger partial charge in [0.2, 0.25) is 0 Å². The minimum atomic E-state index is -0.954. The normalized spacial score (nSPS) is 20.2. The highest BCUT2D eigenvalue weighted by Gasteiger charge is 2.43. The van der Waals surface area contributed by atoms with E-state index >= 15 is 0 Å². The molecule has 2 aliphatic rings. The summed E-state index contributed by atoms with van der Waals surface area (Å²) in [6, 6.07) is 0.0172. The molecule has 0 aromatic heterocycles. The quantitative estimate of drug-likeness (QED) is 0.742. The fourth-order valence-corrected chi connectivity index (χ4v) is 2.55. The molecular weight excluding hydrogens is 244 g/mol. The van der Waals surface area contributed by atoms with Crippen LogP contribution < -0.4 is 5.32 Å². The zero-order valence-electron chi connectivity index (χ0n) is 11.8. The van der Waals surface area contributed by atoms with Gasteiger partial charge in [-0.15, -0.1) is 0 Å². The van der Waals surface area contributed by atoms with E-state index in [2.05, 4.69) is 5.32 Å². The Kier molecular flexibility index (Phi) is 4.32. The zero-order valence-corrected chi connectivity index (χ0v) is 11.8. The number of hydrogen-bond donors (Lipinski definition) is 2. The van der Waals surface area contributed by atoms with Crippen LogP contribution in [0.4, 0.5) is 4.79 Å². The highest BCUT2D eigenvalue weighted by molar-refractivity contribution is 5.80. The molecule has 5 nitrogen and oxygen atoms in total. The Morgan fingerprint density at radius 3 is 2.16 bits per heavy atom. The molecule has 0 heterocycles. The number of hydrogen-bond acceptors (Lipinski definition) is 2. The van der Waals surface area contributed by atoms with E-state index in [-0.39, 0.29) is 24.7 Å². The van der Waals surface area contributed by atoms with E-state index in [1.165, 1.54) is 30.6 Å². The van der Waals surface area contributed by atoms with E-state index in [0.717, 1.165) is 6.42 Å². The van der Waals surface area contributed by atoms with Gasteiger partial charge >= 0.3 is 12.0 Å². The summed E-state index contributed by atoms with van der Waals surface area (Å²) in [4.78, 5) is 24.6. The minimum absolute atomic E-state index is 0.0462. The molecule has 0 radical (unpaired) electrons. The molecule has 2 fully saturated rings. The average Bonchev–Trinajstić information content (AvgIpc) is 3.24. The van der Waals surface area contributed by atoms with Gasteiger partial charge in [0.05, 0.1) is 0 Å². The van der Waals surface area contributed by atoms with Crippen LogP contribution in [-0.2, 0) is 4.79 Å². The number of carboxylic acids is 1. The van der Waals surface area contributed by atoms with Crippen LogP contribution in [0, 0.1) is 11.8 Å². The van der Waals surface area contributed by atoms with Crippen molar-refractivity contribution in [2.45, 2.75) is 58.0 Å². The second-order valence-electron chi connectivity index (χ2n) is 5.93. The number of nitrogens with one attached hydrogen (secondary N) is 1. The van der Waals surface area contributed by atoms with Crippen molar-refractivity contribution in [1.82, 2.24) is 10.2 Å². The van der Waals surface area contributed by atoms with Crippen molar-refractivity contribution in [3.63, 3.8) is 0 Å². The van der Waals surface area contributed by atoms with E-state index in [1.807, 2.05) is 13.8 Å². The van der Waals surface area contributed by atoms with Crippen LogP contribution in [0.5, 0.6) is 0 Å². The van der Waals surface area contributed by atoms with E-state index in [9.17, 15) is 9.59 Å². The summed E-state index contributed by atoms with van der Waals surface area (Å²) in [6.45, 7) is 3.64. The fourth-order valence-electron chi connectivity index (χ4n) is 2.55. The van der Waals surface area contributed by atoms with E-state index in [0.29, 0.717) is 11.8 Å². The van der Waals surface area contributed by atoms with E-state index in [4.69, 9.17) is 5.11 Å². The van der Waals surface area contributed by atoms with Crippen molar-refractivity contribution in [2.75, 3.05) is 6.54 Å². The number of rotatable bonds is 7. The lowest BCUT2D eigenvalue weighted by Crippen LogP contribution is -2.51. The number of amides is 2. The number of urea groups is 1. The SMILES string of the molecule is CCC(C)N(CC(=O)O)C(=O)NC(C1CC1)C1CC1. The minimum Gasteiger partial charge on any atom is -0.480 e. The predicted molar refractivity (Wildman–Crippen MR) is 71.9 cm³/mol. The van der Waals surface area contributed by atoms with Gasteiger partial charge in [0, 0.05) is 12.1 Å². The summed E-state index contributed by atoms with van der Waals surface area (Å²) in [6.07, 6.45) is 5.55. The Morgan fingerprint density at radius 2 is 1.79 bits per heavy atom. The Hall–Kier alpha value is -1.26. The first kappa shape index (κ1) is 14.2. The number of carbonyl (C=O) groups excluding carboxylic acids is 1. The van der Waals surface area contributed by atoms with Gasteiger partial charge in [-0.1, -0.05) is 6.92 Å². The molecular formula is C14H24N2O3. The fraction of sp³-hybridized carbons (Fsp3) is 0.857. The van der Waals surface area contributed by atoms with Crippen molar-refractivity contribution in [1.29, 1.82) is 0 Å². The predicted octanol–water partition coefficient (Wildman–Crippen LogP) is 2.07. The topological polar surface area (TPSA) is 69.6 Å². The molecule has 0 bridgehead atoms. The number of nitrogens with zero attached hydrogens (tertiary/aromatic N) is 1. The highest BCUT2D eigenvalue weighted by Crippen LogP contribution is 2.44. The molecule has 5 heteroatoms. The molecule has 2 aliphatic carbocycles. The third-order valence-electron chi connectivity index (χ3n) is 4.24. The largest absolute Gasteiger partial charge is 0.480 e. The second kappa shape index (κ2) is 5.80.